The molecule has 1 unspecified atom stereocenters. The summed E-state index contributed by atoms with van der Waals surface area (Å²) in [4.78, 5) is 12.3. The molecular weight excluding hydrogens is 326 g/mol. The smallest absolute Gasteiger partial charge is 0.224 e. The minimum Gasteiger partial charge on any atom is -0.497 e. The first kappa shape index (κ1) is 18.0. The van der Waals surface area contributed by atoms with Crippen molar-refractivity contribution < 1.29 is 17.9 Å². The van der Waals surface area contributed by atoms with E-state index in [1.807, 2.05) is 30.3 Å². The van der Waals surface area contributed by atoms with Crippen LogP contribution in [0.2, 0.25) is 0 Å². The first-order valence-electron chi connectivity index (χ1n) is 7.61. The van der Waals surface area contributed by atoms with Gasteiger partial charge in [0.25, 0.3) is 0 Å². The number of sulfone groups is 1. The Morgan fingerprint density at radius 2 is 1.71 bits per heavy atom. The van der Waals surface area contributed by atoms with Crippen molar-refractivity contribution in [1.29, 1.82) is 0 Å². The van der Waals surface area contributed by atoms with E-state index in [0.717, 1.165) is 5.56 Å². The van der Waals surface area contributed by atoms with Gasteiger partial charge in [-0.2, -0.15) is 0 Å². The minimum atomic E-state index is -3.53. The van der Waals surface area contributed by atoms with E-state index < -0.39 is 15.8 Å². The maximum absolute atomic E-state index is 12.4. The number of hydrogen-bond acceptors (Lipinski definition) is 4. The zero-order chi connectivity index (χ0) is 17.6. The van der Waals surface area contributed by atoms with Crippen LogP contribution in [0.25, 0.3) is 0 Å². The maximum Gasteiger partial charge on any atom is 0.224 e. The van der Waals surface area contributed by atoms with E-state index in [1.54, 1.807) is 19.1 Å². The molecule has 1 N–H and O–H groups in total. The van der Waals surface area contributed by atoms with Crippen LogP contribution in [0.4, 0.5) is 0 Å². The lowest BCUT2D eigenvalue weighted by Crippen LogP contribution is -2.32. The molecule has 1 atom stereocenters. The Kier molecular flexibility index (Phi) is 5.98. The van der Waals surface area contributed by atoms with Gasteiger partial charge in [0, 0.05) is 12.5 Å². The Hall–Kier alpha value is -2.34. The molecule has 0 heterocycles. The summed E-state index contributed by atoms with van der Waals surface area (Å²) < 4.78 is 29.8. The second-order valence-electron chi connectivity index (χ2n) is 5.56. The number of nitrogens with one attached hydrogen (secondary N) is 1. The van der Waals surface area contributed by atoms with Gasteiger partial charge in [0.2, 0.25) is 5.91 Å². The van der Waals surface area contributed by atoms with E-state index in [4.69, 9.17) is 4.74 Å². The summed E-state index contributed by atoms with van der Waals surface area (Å²) in [5.74, 6) is -0.570. The molecule has 0 bridgehead atoms. The highest BCUT2D eigenvalue weighted by atomic mass is 32.2. The molecule has 0 aromatic heterocycles. The summed E-state index contributed by atoms with van der Waals surface area (Å²) in [6.07, 6.45) is 0. The van der Waals surface area contributed by atoms with Crippen LogP contribution in [0.3, 0.4) is 0 Å². The Balaban J connectivity index is 1.96. The molecule has 2 aromatic rings. The number of amides is 1. The van der Waals surface area contributed by atoms with Crippen LogP contribution in [0, 0.1) is 5.92 Å². The lowest BCUT2D eigenvalue weighted by atomic mass is 10.2. The molecule has 128 valence electrons. The SMILES string of the molecule is COc1ccc(S(=O)(=O)CC(C)C(=O)NCc2ccccc2)cc1. The monoisotopic (exact) mass is 347 g/mol. The molecule has 0 radical (unpaired) electrons. The van der Waals surface area contributed by atoms with Gasteiger partial charge in [0.15, 0.2) is 9.84 Å². The molecule has 24 heavy (non-hydrogen) atoms. The van der Waals surface area contributed by atoms with Gasteiger partial charge in [-0.15, -0.1) is 0 Å². The average molecular weight is 347 g/mol. The molecule has 6 heteroatoms. The van der Waals surface area contributed by atoms with E-state index in [0.29, 0.717) is 12.3 Å². The minimum absolute atomic E-state index is 0.186. The Bertz CT molecular complexity index is 770. The number of carbonyl (C=O) groups excluding carboxylic acids is 1. The number of hydrogen-bond donors (Lipinski definition) is 1. The van der Waals surface area contributed by atoms with Crippen LogP contribution in [-0.4, -0.2) is 27.2 Å². The molecule has 0 aliphatic heterocycles. The van der Waals surface area contributed by atoms with E-state index in [9.17, 15) is 13.2 Å². The number of carbonyl (C=O) groups is 1. The summed E-state index contributed by atoms with van der Waals surface area (Å²) in [6.45, 7) is 1.99. The Morgan fingerprint density at radius 1 is 1.08 bits per heavy atom. The third-order valence-electron chi connectivity index (χ3n) is 3.65. The van der Waals surface area contributed by atoms with Gasteiger partial charge in [-0.3, -0.25) is 4.79 Å². The van der Waals surface area contributed by atoms with E-state index in [-0.39, 0.29) is 16.6 Å². The van der Waals surface area contributed by atoms with Gasteiger partial charge in [-0.25, -0.2) is 8.42 Å². The number of ether oxygens (including phenoxy) is 1. The Morgan fingerprint density at radius 3 is 2.29 bits per heavy atom. The molecule has 0 spiro atoms. The number of benzene rings is 2. The first-order chi connectivity index (χ1) is 11.4. The summed E-state index contributed by atoms with van der Waals surface area (Å²) in [7, 11) is -2.01. The van der Waals surface area contributed by atoms with E-state index in [2.05, 4.69) is 5.32 Å². The predicted molar refractivity (Wildman–Crippen MR) is 92.5 cm³/mol. The lowest BCUT2D eigenvalue weighted by molar-refractivity contribution is -0.124. The fraction of sp³-hybridized carbons (Fsp3) is 0.278. The van der Waals surface area contributed by atoms with Crippen LogP contribution >= 0.6 is 0 Å². The van der Waals surface area contributed by atoms with Crippen LogP contribution in [0.5, 0.6) is 5.75 Å². The fourth-order valence-corrected chi connectivity index (χ4v) is 3.80. The quantitative estimate of drug-likeness (QED) is 0.835. The molecule has 1 amide bonds. The molecular formula is C18H21NO4S. The van der Waals surface area contributed by atoms with Crippen molar-refractivity contribution in [3.05, 3.63) is 60.2 Å². The normalized spacial score (nSPS) is 12.4. The molecule has 0 saturated carbocycles. The predicted octanol–water partition coefficient (Wildman–Crippen LogP) is 2.42. The number of rotatable bonds is 7. The highest BCUT2D eigenvalue weighted by Crippen LogP contribution is 2.18. The second-order valence-corrected chi connectivity index (χ2v) is 7.60. The van der Waals surface area contributed by atoms with Crippen molar-refractivity contribution >= 4 is 15.7 Å². The van der Waals surface area contributed by atoms with Gasteiger partial charge in [0.05, 0.1) is 17.8 Å². The van der Waals surface area contributed by atoms with Crippen LogP contribution in [0.1, 0.15) is 12.5 Å². The lowest BCUT2D eigenvalue weighted by Gasteiger charge is -2.13. The topological polar surface area (TPSA) is 72.5 Å². The van der Waals surface area contributed by atoms with E-state index >= 15 is 0 Å². The van der Waals surface area contributed by atoms with Crippen molar-refractivity contribution in [2.75, 3.05) is 12.9 Å². The van der Waals surface area contributed by atoms with E-state index in [1.165, 1.54) is 19.2 Å². The molecule has 0 aliphatic rings. The third kappa shape index (κ3) is 4.83. The van der Waals surface area contributed by atoms with Crippen molar-refractivity contribution in [1.82, 2.24) is 5.32 Å². The highest BCUT2D eigenvalue weighted by Gasteiger charge is 2.23. The number of methoxy groups -OCH3 is 1. The van der Waals surface area contributed by atoms with Gasteiger partial charge < -0.3 is 10.1 Å². The van der Waals surface area contributed by atoms with Crippen molar-refractivity contribution in [2.24, 2.45) is 5.92 Å². The molecule has 2 rings (SSSR count). The van der Waals surface area contributed by atoms with Crippen LogP contribution in [-0.2, 0) is 21.2 Å². The summed E-state index contributed by atoms with van der Waals surface area (Å²) >= 11 is 0. The zero-order valence-electron chi connectivity index (χ0n) is 13.7. The van der Waals surface area contributed by atoms with Gasteiger partial charge in [-0.1, -0.05) is 37.3 Å². The largest absolute Gasteiger partial charge is 0.497 e. The average Bonchev–Trinajstić information content (AvgIpc) is 2.60. The fourth-order valence-electron chi connectivity index (χ4n) is 2.24. The standard InChI is InChI=1S/C18H21NO4S/c1-14(18(20)19-12-15-6-4-3-5-7-15)13-24(21,22)17-10-8-16(23-2)9-11-17/h3-11,14H,12-13H2,1-2H3,(H,19,20). The summed E-state index contributed by atoms with van der Waals surface area (Å²) in [5.41, 5.74) is 0.969. The molecule has 0 aliphatic carbocycles. The molecule has 5 nitrogen and oxygen atoms in total. The van der Waals surface area contributed by atoms with Crippen molar-refractivity contribution in [3.8, 4) is 5.75 Å². The van der Waals surface area contributed by atoms with Gasteiger partial charge >= 0.3 is 0 Å². The third-order valence-corrected chi connectivity index (χ3v) is 5.57. The van der Waals surface area contributed by atoms with Crippen LogP contribution in [0.15, 0.2) is 59.5 Å². The summed E-state index contributed by atoms with van der Waals surface area (Å²) in [6, 6.07) is 15.6. The van der Waals surface area contributed by atoms with Gasteiger partial charge in [0.1, 0.15) is 5.75 Å². The summed E-state index contributed by atoms with van der Waals surface area (Å²) in [5, 5.41) is 2.77. The maximum atomic E-state index is 12.4. The van der Waals surface area contributed by atoms with Crippen molar-refractivity contribution in [2.45, 2.75) is 18.4 Å². The molecule has 2 aromatic carbocycles. The van der Waals surface area contributed by atoms with Crippen LogP contribution < -0.4 is 10.1 Å². The Labute approximate surface area is 142 Å². The first-order valence-corrected chi connectivity index (χ1v) is 9.26. The van der Waals surface area contributed by atoms with Gasteiger partial charge in [-0.05, 0) is 29.8 Å². The van der Waals surface area contributed by atoms with Crippen molar-refractivity contribution in [3.63, 3.8) is 0 Å². The second kappa shape index (κ2) is 7.97. The highest BCUT2D eigenvalue weighted by molar-refractivity contribution is 7.91. The molecule has 0 fully saturated rings. The zero-order valence-corrected chi connectivity index (χ0v) is 14.5. The molecule has 0 saturated heterocycles.